The number of hydrogen-bond acceptors (Lipinski definition) is 1. The highest BCUT2D eigenvalue weighted by molar-refractivity contribution is 9.10. The molecule has 0 spiro atoms. The van der Waals surface area contributed by atoms with E-state index in [2.05, 4.69) is 15.9 Å². The van der Waals surface area contributed by atoms with Crippen LogP contribution in [0.2, 0.25) is 5.02 Å². The molecule has 0 radical (unpaired) electrons. The van der Waals surface area contributed by atoms with Crippen LogP contribution in [0.25, 0.3) is 0 Å². The van der Waals surface area contributed by atoms with Crippen molar-refractivity contribution in [1.82, 2.24) is 0 Å². The standard InChI is InChI=1S/C12H8BrCl2FO/c1-6-4-8(9(14)5-10(6)16)11(15)7-2-3-17-12(7)13/h2-5,11H,1H3. The molecule has 2 aromatic rings. The Morgan fingerprint density at radius 3 is 2.65 bits per heavy atom. The van der Waals surface area contributed by atoms with Gasteiger partial charge in [0.1, 0.15) is 5.82 Å². The smallest absolute Gasteiger partial charge is 0.173 e. The van der Waals surface area contributed by atoms with Gasteiger partial charge in [-0.2, -0.15) is 0 Å². The molecule has 90 valence electrons. The number of rotatable bonds is 2. The highest BCUT2D eigenvalue weighted by Crippen LogP contribution is 2.38. The predicted molar refractivity (Wildman–Crippen MR) is 70.3 cm³/mol. The first-order valence-electron chi connectivity index (χ1n) is 4.83. The minimum atomic E-state index is -0.477. The van der Waals surface area contributed by atoms with Gasteiger partial charge in [0.15, 0.2) is 4.67 Å². The van der Waals surface area contributed by atoms with Gasteiger partial charge in [0.05, 0.1) is 11.6 Å². The molecule has 0 fully saturated rings. The molecule has 0 saturated heterocycles. The van der Waals surface area contributed by atoms with Crippen molar-refractivity contribution in [1.29, 1.82) is 0 Å². The molecule has 0 saturated carbocycles. The molecule has 1 unspecified atom stereocenters. The fourth-order valence-electron chi connectivity index (χ4n) is 1.53. The van der Waals surface area contributed by atoms with Crippen LogP contribution in [0.5, 0.6) is 0 Å². The fourth-order valence-corrected chi connectivity index (χ4v) is 2.79. The molecule has 1 atom stereocenters. The molecule has 0 amide bonds. The number of furan rings is 1. The third-order valence-electron chi connectivity index (χ3n) is 2.47. The van der Waals surface area contributed by atoms with Crippen LogP contribution in [0.1, 0.15) is 22.1 Å². The van der Waals surface area contributed by atoms with Gasteiger partial charge in [-0.1, -0.05) is 11.6 Å². The van der Waals surface area contributed by atoms with Crippen LogP contribution in [0.15, 0.2) is 33.5 Å². The van der Waals surface area contributed by atoms with E-state index >= 15 is 0 Å². The predicted octanol–water partition coefficient (Wildman–Crippen LogP) is 5.47. The summed E-state index contributed by atoms with van der Waals surface area (Å²) in [5.41, 5.74) is 1.93. The van der Waals surface area contributed by atoms with Crippen LogP contribution < -0.4 is 0 Å². The SMILES string of the molecule is Cc1cc(C(Cl)c2ccoc2Br)c(Cl)cc1F. The second-order valence-corrected chi connectivity index (χ2v) is 5.20. The zero-order valence-corrected chi connectivity index (χ0v) is 11.9. The molecule has 1 aromatic carbocycles. The van der Waals surface area contributed by atoms with E-state index in [9.17, 15) is 4.39 Å². The van der Waals surface area contributed by atoms with Crippen molar-refractivity contribution >= 4 is 39.1 Å². The summed E-state index contributed by atoms with van der Waals surface area (Å²) in [5, 5.41) is -0.170. The second-order valence-electron chi connectivity index (χ2n) is 3.64. The summed E-state index contributed by atoms with van der Waals surface area (Å²) < 4.78 is 19.0. The molecule has 2 rings (SSSR count). The van der Waals surface area contributed by atoms with Gasteiger partial charge in [-0.05, 0) is 52.2 Å². The third kappa shape index (κ3) is 2.51. The first kappa shape index (κ1) is 12.9. The van der Waals surface area contributed by atoms with E-state index < -0.39 is 5.38 Å². The first-order chi connectivity index (χ1) is 8.00. The summed E-state index contributed by atoms with van der Waals surface area (Å²) in [6, 6.07) is 4.67. The number of benzene rings is 1. The van der Waals surface area contributed by atoms with Crippen molar-refractivity contribution in [3.05, 3.63) is 56.7 Å². The van der Waals surface area contributed by atoms with Gasteiger partial charge in [0, 0.05) is 10.6 Å². The van der Waals surface area contributed by atoms with E-state index in [1.807, 2.05) is 0 Å². The lowest BCUT2D eigenvalue weighted by atomic mass is 10.0. The van der Waals surface area contributed by atoms with Gasteiger partial charge in [0.2, 0.25) is 0 Å². The molecular weight excluding hydrogens is 330 g/mol. The molecule has 0 N–H and O–H groups in total. The van der Waals surface area contributed by atoms with Crippen molar-refractivity contribution < 1.29 is 8.81 Å². The van der Waals surface area contributed by atoms with Gasteiger partial charge >= 0.3 is 0 Å². The Labute approximate surface area is 117 Å². The maximum Gasteiger partial charge on any atom is 0.173 e. The maximum absolute atomic E-state index is 13.3. The lowest BCUT2D eigenvalue weighted by molar-refractivity contribution is 0.537. The lowest BCUT2D eigenvalue weighted by Gasteiger charge is -2.12. The molecule has 0 aliphatic carbocycles. The van der Waals surface area contributed by atoms with E-state index in [0.29, 0.717) is 20.8 Å². The molecule has 1 nitrogen and oxygen atoms in total. The Bertz CT molecular complexity index is 553. The van der Waals surface area contributed by atoms with Crippen molar-refractivity contribution in [2.24, 2.45) is 0 Å². The largest absolute Gasteiger partial charge is 0.457 e. The summed E-state index contributed by atoms with van der Waals surface area (Å²) in [4.78, 5) is 0. The van der Waals surface area contributed by atoms with Crippen molar-refractivity contribution in [2.45, 2.75) is 12.3 Å². The van der Waals surface area contributed by atoms with Crippen LogP contribution in [0.4, 0.5) is 4.39 Å². The Morgan fingerprint density at radius 1 is 1.35 bits per heavy atom. The number of aryl methyl sites for hydroxylation is 1. The van der Waals surface area contributed by atoms with Crippen molar-refractivity contribution in [3.63, 3.8) is 0 Å². The normalized spacial score (nSPS) is 12.8. The summed E-state index contributed by atoms with van der Waals surface area (Å²) in [6.07, 6.45) is 1.53. The Morgan fingerprint density at radius 2 is 2.06 bits per heavy atom. The third-order valence-corrected chi connectivity index (χ3v) is 3.91. The number of halogens is 4. The van der Waals surface area contributed by atoms with Crippen LogP contribution in [-0.2, 0) is 0 Å². The Hall–Kier alpha value is -0.510. The van der Waals surface area contributed by atoms with Crippen LogP contribution in [0.3, 0.4) is 0 Å². The van der Waals surface area contributed by atoms with Gasteiger partial charge in [-0.15, -0.1) is 11.6 Å². The van der Waals surface area contributed by atoms with Crippen molar-refractivity contribution in [3.8, 4) is 0 Å². The summed E-state index contributed by atoms with van der Waals surface area (Å²) >= 11 is 15.6. The monoisotopic (exact) mass is 336 g/mol. The van der Waals surface area contributed by atoms with E-state index in [0.717, 1.165) is 5.56 Å². The molecule has 0 bridgehead atoms. The van der Waals surface area contributed by atoms with Gasteiger partial charge in [-0.3, -0.25) is 0 Å². The number of alkyl halides is 1. The summed E-state index contributed by atoms with van der Waals surface area (Å²) in [5.74, 6) is -0.339. The highest BCUT2D eigenvalue weighted by Gasteiger charge is 2.20. The minimum Gasteiger partial charge on any atom is -0.457 e. The fraction of sp³-hybridized carbons (Fsp3) is 0.167. The number of hydrogen-bond donors (Lipinski definition) is 0. The van der Waals surface area contributed by atoms with E-state index in [1.165, 1.54) is 12.3 Å². The molecule has 1 aromatic heterocycles. The zero-order valence-electron chi connectivity index (χ0n) is 8.81. The summed E-state index contributed by atoms with van der Waals surface area (Å²) in [6.45, 7) is 1.67. The molecule has 0 aliphatic rings. The van der Waals surface area contributed by atoms with Crippen LogP contribution in [-0.4, -0.2) is 0 Å². The molecule has 17 heavy (non-hydrogen) atoms. The maximum atomic E-state index is 13.3. The highest BCUT2D eigenvalue weighted by atomic mass is 79.9. The molecule has 0 aliphatic heterocycles. The van der Waals surface area contributed by atoms with Gasteiger partial charge in [0.25, 0.3) is 0 Å². The first-order valence-corrected chi connectivity index (χ1v) is 6.44. The Kier molecular flexibility index (Phi) is 3.81. The zero-order chi connectivity index (χ0) is 12.6. The lowest BCUT2D eigenvalue weighted by Crippen LogP contribution is -1.96. The van der Waals surface area contributed by atoms with Crippen LogP contribution in [0, 0.1) is 12.7 Å². The topological polar surface area (TPSA) is 13.1 Å². The average molecular weight is 338 g/mol. The summed E-state index contributed by atoms with van der Waals surface area (Å²) in [7, 11) is 0. The van der Waals surface area contributed by atoms with Crippen molar-refractivity contribution in [2.75, 3.05) is 0 Å². The average Bonchev–Trinajstić information content (AvgIpc) is 2.69. The molecule has 1 heterocycles. The molecular formula is C12H8BrCl2FO. The van der Waals surface area contributed by atoms with Crippen LogP contribution >= 0.6 is 39.1 Å². The van der Waals surface area contributed by atoms with E-state index in [1.54, 1.807) is 19.1 Å². The van der Waals surface area contributed by atoms with Gasteiger partial charge < -0.3 is 4.42 Å². The quantitative estimate of drug-likeness (QED) is 0.662. The van der Waals surface area contributed by atoms with E-state index in [4.69, 9.17) is 27.6 Å². The van der Waals surface area contributed by atoms with Gasteiger partial charge in [-0.25, -0.2) is 4.39 Å². The molecule has 5 heteroatoms. The van der Waals surface area contributed by atoms with E-state index in [-0.39, 0.29) is 5.82 Å². The second kappa shape index (κ2) is 5.01. The minimum absolute atomic E-state index is 0.307. The Balaban J connectivity index is 2.48.